The van der Waals surface area contributed by atoms with Crippen molar-refractivity contribution in [2.45, 2.75) is 13.3 Å². The van der Waals surface area contributed by atoms with Crippen LogP contribution < -0.4 is 5.32 Å². The van der Waals surface area contributed by atoms with E-state index in [9.17, 15) is 9.59 Å². The minimum atomic E-state index is -0.466. The van der Waals surface area contributed by atoms with Gasteiger partial charge in [0.15, 0.2) is 0 Å². The highest BCUT2D eigenvalue weighted by Crippen LogP contribution is 2.27. The number of carbonyl (C=O) groups excluding carboxylic acids is 2. The summed E-state index contributed by atoms with van der Waals surface area (Å²) < 4.78 is 1.38. The third kappa shape index (κ3) is 3.62. The molecule has 3 aromatic heterocycles. The summed E-state index contributed by atoms with van der Waals surface area (Å²) in [5.74, 6) is -0.148. The van der Waals surface area contributed by atoms with Gasteiger partial charge in [0.1, 0.15) is 11.5 Å². The predicted molar refractivity (Wildman–Crippen MR) is 112 cm³/mol. The largest absolute Gasteiger partial charge is 0.310 e. The Balaban J connectivity index is 1.70. The first kappa shape index (κ1) is 18.2. The molecule has 0 unspecified atom stereocenters. The molecule has 28 heavy (non-hydrogen) atoms. The maximum atomic E-state index is 12.5. The van der Waals surface area contributed by atoms with Crippen LogP contribution in [-0.4, -0.2) is 33.3 Å². The van der Waals surface area contributed by atoms with Gasteiger partial charge in [-0.25, -0.2) is 4.99 Å². The summed E-state index contributed by atoms with van der Waals surface area (Å²) in [6.07, 6.45) is 0.252. The molecule has 0 saturated heterocycles. The number of anilines is 1. The molecule has 0 spiro atoms. The van der Waals surface area contributed by atoms with Crippen molar-refractivity contribution < 1.29 is 9.59 Å². The second kappa shape index (κ2) is 7.45. The Morgan fingerprint density at radius 1 is 1.21 bits per heavy atom. The monoisotopic (exact) mass is 409 g/mol. The lowest BCUT2D eigenvalue weighted by molar-refractivity contribution is -0.115. The van der Waals surface area contributed by atoms with E-state index in [1.165, 1.54) is 27.4 Å². The van der Waals surface area contributed by atoms with Crippen LogP contribution in [0.15, 0.2) is 63.2 Å². The molecule has 2 amide bonds. The van der Waals surface area contributed by atoms with E-state index in [-0.39, 0.29) is 23.9 Å². The quantitative estimate of drug-likeness (QED) is 0.668. The Kier molecular flexibility index (Phi) is 4.84. The van der Waals surface area contributed by atoms with E-state index in [0.717, 1.165) is 9.75 Å². The van der Waals surface area contributed by atoms with Crippen LogP contribution >= 0.6 is 22.7 Å². The molecule has 1 aliphatic heterocycles. The van der Waals surface area contributed by atoms with Crippen LogP contribution in [0.4, 0.5) is 5.82 Å². The maximum absolute atomic E-state index is 12.5. The molecule has 0 aromatic carbocycles. The van der Waals surface area contributed by atoms with Crippen LogP contribution in [0.2, 0.25) is 0 Å². The van der Waals surface area contributed by atoms with Crippen molar-refractivity contribution in [3.8, 4) is 10.6 Å². The Hall–Kier alpha value is -3.17. The zero-order valence-corrected chi connectivity index (χ0v) is 16.5. The lowest BCUT2D eigenvalue weighted by Crippen LogP contribution is -2.25. The summed E-state index contributed by atoms with van der Waals surface area (Å²) in [5.41, 5.74) is 1.38. The third-order valence-electron chi connectivity index (χ3n) is 4.02. The molecule has 4 rings (SSSR count). The van der Waals surface area contributed by atoms with Crippen molar-refractivity contribution in [3.63, 3.8) is 0 Å². The first-order chi connectivity index (χ1) is 13.5. The number of amides is 2. The zero-order chi connectivity index (χ0) is 19.7. The molecule has 0 bridgehead atoms. The molecule has 0 fully saturated rings. The average molecular weight is 409 g/mol. The van der Waals surface area contributed by atoms with Crippen LogP contribution in [0.1, 0.15) is 11.8 Å². The molecule has 1 N–H and O–H groups in total. The van der Waals surface area contributed by atoms with Gasteiger partial charge in [-0.2, -0.15) is 14.8 Å². The van der Waals surface area contributed by atoms with E-state index < -0.39 is 5.91 Å². The molecule has 140 valence electrons. The van der Waals surface area contributed by atoms with Crippen molar-refractivity contribution >= 4 is 52.0 Å². The molecule has 0 atom stereocenters. The summed E-state index contributed by atoms with van der Waals surface area (Å²) in [6, 6.07) is 9.40. The van der Waals surface area contributed by atoms with Gasteiger partial charge in [-0.3, -0.25) is 9.59 Å². The highest BCUT2D eigenvalue weighted by Gasteiger charge is 2.22. The van der Waals surface area contributed by atoms with Gasteiger partial charge in [-0.05, 0) is 29.8 Å². The topological polar surface area (TPSA) is 88.7 Å². The van der Waals surface area contributed by atoms with Crippen molar-refractivity contribution in [2.24, 2.45) is 9.98 Å². The Bertz CT molecular complexity index is 1120. The second-order valence-electron chi connectivity index (χ2n) is 6.00. The molecule has 1 aliphatic rings. The van der Waals surface area contributed by atoms with Crippen molar-refractivity contribution in [2.75, 3.05) is 5.32 Å². The molecule has 0 saturated carbocycles. The summed E-state index contributed by atoms with van der Waals surface area (Å²) in [5, 5.41) is 11.2. The number of rotatable bonds is 4. The fourth-order valence-electron chi connectivity index (χ4n) is 2.58. The molecule has 0 radical (unpaired) electrons. The summed E-state index contributed by atoms with van der Waals surface area (Å²) >= 11 is 3.04. The summed E-state index contributed by atoms with van der Waals surface area (Å²) in [4.78, 5) is 34.7. The minimum Gasteiger partial charge on any atom is -0.310 e. The average Bonchev–Trinajstić information content (AvgIpc) is 3.40. The van der Waals surface area contributed by atoms with Gasteiger partial charge in [-0.1, -0.05) is 18.7 Å². The fourth-order valence-corrected chi connectivity index (χ4v) is 3.96. The number of carbonyl (C=O) groups is 2. The van der Waals surface area contributed by atoms with E-state index in [1.807, 2.05) is 35.0 Å². The van der Waals surface area contributed by atoms with E-state index in [4.69, 9.17) is 0 Å². The van der Waals surface area contributed by atoms with Gasteiger partial charge in [0.2, 0.25) is 5.91 Å². The highest BCUT2D eigenvalue weighted by molar-refractivity contribution is 7.13. The molecule has 7 nitrogen and oxygen atoms in total. The Morgan fingerprint density at radius 2 is 2.00 bits per heavy atom. The number of aromatic nitrogens is 2. The normalized spacial score (nSPS) is 14.0. The van der Waals surface area contributed by atoms with Crippen LogP contribution in [0.3, 0.4) is 0 Å². The number of hydrogen-bond donors (Lipinski definition) is 1. The van der Waals surface area contributed by atoms with E-state index in [1.54, 1.807) is 13.0 Å². The van der Waals surface area contributed by atoms with Gasteiger partial charge in [0, 0.05) is 10.9 Å². The molecule has 9 heteroatoms. The van der Waals surface area contributed by atoms with Crippen molar-refractivity contribution in [1.29, 1.82) is 0 Å². The lowest BCUT2D eigenvalue weighted by atomic mass is 10.2. The first-order valence-electron chi connectivity index (χ1n) is 8.35. The summed E-state index contributed by atoms with van der Waals surface area (Å²) in [6.45, 7) is 5.37. The lowest BCUT2D eigenvalue weighted by Gasteiger charge is -2.12. The van der Waals surface area contributed by atoms with Crippen molar-refractivity contribution in [3.05, 3.63) is 58.1 Å². The van der Waals surface area contributed by atoms with Crippen LogP contribution in [-0.2, 0) is 16.0 Å². The molecule has 3 aromatic rings. The Labute approximate surface area is 168 Å². The van der Waals surface area contributed by atoms with Gasteiger partial charge < -0.3 is 5.32 Å². The fraction of sp³-hybridized carbons (Fsp3) is 0.105. The second-order valence-corrected chi connectivity index (χ2v) is 7.98. The van der Waals surface area contributed by atoms with Gasteiger partial charge in [0.25, 0.3) is 11.9 Å². The van der Waals surface area contributed by atoms with Gasteiger partial charge in [-0.15, -0.1) is 22.7 Å². The smallest absolute Gasteiger partial charge is 0.281 e. The van der Waals surface area contributed by atoms with Gasteiger partial charge >= 0.3 is 0 Å². The maximum Gasteiger partial charge on any atom is 0.281 e. The van der Waals surface area contributed by atoms with E-state index in [2.05, 4.69) is 27.0 Å². The molecule has 0 aliphatic carbocycles. The number of thiophene rings is 2. The highest BCUT2D eigenvalue weighted by atomic mass is 32.1. The molecular weight excluding hydrogens is 394 g/mol. The predicted octanol–water partition coefficient (Wildman–Crippen LogP) is 3.62. The summed E-state index contributed by atoms with van der Waals surface area (Å²) in [7, 11) is 0. The number of hydrogen-bond acceptors (Lipinski definition) is 6. The van der Waals surface area contributed by atoms with Crippen LogP contribution in [0, 0.1) is 0 Å². The SMILES string of the molecule is C=C1C(=O)N=C(n2nc(-c3cccs3)cc2NC(=O)Cc2cccs2)N=C1C. The van der Waals surface area contributed by atoms with Crippen molar-refractivity contribution in [1.82, 2.24) is 9.78 Å². The number of nitrogens with one attached hydrogen (secondary N) is 1. The molecule has 4 heterocycles. The van der Waals surface area contributed by atoms with Crippen LogP contribution in [0.5, 0.6) is 0 Å². The molecular formula is C19H15N5O2S2. The third-order valence-corrected chi connectivity index (χ3v) is 5.79. The Morgan fingerprint density at radius 3 is 2.68 bits per heavy atom. The number of aliphatic imine (C=N–C) groups is 2. The zero-order valence-electron chi connectivity index (χ0n) is 14.9. The number of nitrogens with zero attached hydrogens (tertiary/aromatic N) is 4. The standard InChI is InChI=1S/C19H15N5O2S2/c1-11-12(2)20-19(22-18(11)26)24-16(10-14(23-24)15-6-4-8-28-15)21-17(25)9-13-5-3-7-27-13/h3-8,10H,1,9H2,2H3,(H,21,25). The first-order valence-corrected chi connectivity index (χ1v) is 10.1. The van der Waals surface area contributed by atoms with E-state index in [0.29, 0.717) is 17.2 Å². The minimum absolute atomic E-state index is 0.101. The van der Waals surface area contributed by atoms with Crippen LogP contribution in [0.25, 0.3) is 10.6 Å². The van der Waals surface area contributed by atoms with Gasteiger partial charge in [0.05, 0.1) is 22.6 Å². The van der Waals surface area contributed by atoms with E-state index >= 15 is 0 Å².